The van der Waals surface area contributed by atoms with E-state index in [4.69, 9.17) is 12.2 Å². The van der Waals surface area contributed by atoms with Gasteiger partial charge in [0, 0.05) is 11.3 Å². The lowest BCUT2D eigenvalue weighted by molar-refractivity contribution is 0.158. The maximum absolute atomic E-state index is 13.2. The molecule has 0 fully saturated rings. The van der Waals surface area contributed by atoms with Crippen molar-refractivity contribution in [1.82, 2.24) is 5.32 Å². The van der Waals surface area contributed by atoms with Crippen molar-refractivity contribution in [3.8, 4) is 0 Å². The number of carbonyl (C=O) groups is 1. The number of nitrogens with one attached hydrogen (secondary N) is 2. The van der Waals surface area contributed by atoms with Gasteiger partial charge in [-0.2, -0.15) is 0 Å². The van der Waals surface area contributed by atoms with Gasteiger partial charge in [-0.05, 0) is 38.2 Å². The molecule has 0 spiro atoms. The van der Waals surface area contributed by atoms with Crippen LogP contribution in [0.2, 0.25) is 0 Å². The Hall–Kier alpha value is -1.69. The summed E-state index contributed by atoms with van der Waals surface area (Å²) < 4.78 is 17.9. The summed E-state index contributed by atoms with van der Waals surface area (Å²) in [6, 6.07) is 4.57. The molecule has 1 rings (SSSR count). The van der Waals surface area contributed by atoms with E-state index in [1.165, 1.54) is 6.07 Å². The average molecular weight is 256 g/mol. The first-order chi connectivity index (χ1) is 8.04. The van der Waals surface area contributed by atoms with E-state index < -0.39 is 6.09 Å². The molecule has 17 heavy (non-hydrogen) atoms. The molecule has 1 amide bonds. The SMILES string of the molecule is CCOC(=O)NC(=S)Nc1cccc(F)c1C. The molecule has 0 unspecified atom stereocenters. The number of hydrogen-bond donors (Lipinski definition) is 2. The van der Waals surface area contributed by atoms with Crippen molar-refractivity contribution in [2.45, 2.75) is 13.8 Å². The van der Waals surface area contributed by atoms with Crippen molar-refractivity contribution in [2.24, 2.45) is 0 Å². The van der Waals surface area contributed by atoms with Crippen LogP contribution in [0.4, 0.5) is 14.9 Å². The molecule has 0 atom stereocenters. The zero-order chi connectivity index (χ0) is 12.8. The summed E-state index contributed by atoms with van der Waals surface area (Å²) in [5, 5.41) is 5.10. The Morgan fingerprint density at radius 3 is 2.88 bits per heavy atom. The second-order valence-electron chi connectivity index (χ2n) is 3.21. The highest BCUT2D eigenvalue weighted by atomic mass is 32.1. The second-order valence-corrected chi connectivity index (χ2v) is 3.62. The van der Waals surface area contributed by atoms with Gasteiger partial charge < -0.3 is 10.1 Å². The van der Waals surface area contributed by atoms with Crippen LogP contribution in [0.15, 0.2) is 18.2 Å². The van der Waals surface area contributed by atoms with Crippen molar-refractivity contribution in [3.05, 3.63) is 29.6 Å². The van der Waals surface area contributed by atoms with Crippen molar-refractivity contribution in [1.29, 1.82) is 0 Å². The summed E-state index contributed by atoms with van der Waals surface area (Å²) in [7, 11) is 0. The van der Waals surface area contributed by atoms with E-state index >= 15 is 0 Å². The maximum atomic E-state index is 13.2. The minimum absolute atomic E-state index is 0.0668. The number of ether oxygens (including phenoxy) is 1. The number of rotatable bonds is 2. The number of benzene rings is 1. The highest BCUT2D eigenvalue weighted by molar-refractivity contribution is 7.80. The minimum Gasteiger partial charge on any atom is -0.450 e. The molecule has 4 nitrogen and oxygen atoms in total. The predicted octanol–water partition coefficient (Wildman–Crippen LogP) is 2.58. The van der Waals surface area contributed by atoms with Crippen LogP contribution in [0.1, 0.15) is 12.5 Å². The summed E-state index contributed by atoms with van der Waals surface area (Å²) in [6.07, 6.45) is -0.640. The lowest BCUT2D eigenvalue weighted by atomic mass is 10.2. The van der Waals surface area contributed by atoms with Gasteiger partial charge in [-0.15, -0.1) is 0 Å². The predicted molar refractivity (Wildman–Crippen MR) is 67.5 cm³/mol. The average Bonchev–Trinajstić information content (AvgIpc) is 2.25. The Balaban J connectivity index is 2.62. The zero-order valence-corrected chi connectivity index (χ0v) is 10.4. The van der Waals surface area contributed by atoms with Gasteiger partial charge in [-0.3, -0.25) is 5.32 Å². The summed E-state index contributed by atoms with van der Waals surface area (Å²) in [5.41, 5.74) is 0.937. The van der Waals surface area contributed by atoms with E-state index in [1.807, 2.05) is 0 Å². The number of halogens is 1. The third-order valence-corrected chi connectivity index (χ3v) is 2.21. The standard InChI is InChI=1S/C11H13FN2O2S/c1-3-16-11(15)14-10(17)13-9-6-4-5-8(12)7(9)2/h4-6H,3H2,1-2H3,(H2,13,14,15,17). The molecule has 92 valence electrons. The van der Waals surface area contributed by atoms with Crippen LogP contribution in [0, 0.1) is 12.7 Å². The third kappa shape index (κ3) is 3.99. The number of carbonyl (C=O) groups excluding carboxylic acids is 1. The van der Waals surface area contributed by atoms with Gasteiger partial charge in [-0.1, -0.05) is 6.07 Å². The van der Waals surface area contributed by atoms with Crippen LogP contribution in [0.25, 0.3) is 0 Å². The van der Waals surface area contributed by atoms with E-state index in [2.05, 4.69) is 15.4 Å². The van der Waals surface area contributed by atoms with Gasteiger partial charge in [0.1, 0.15) is 5.82 Å². The molecule has 0 radical (unpaired) electrons. The second kappa shape index (κ2) is 6.15. The lowest BCUT2D eigenvalue weighted by Crippen LogP contribution is -2.34. The number of hydrogen-bond acceptors (Lipinski definition) is 3. The Kier molecular flexibility index (Phi) is 4.84. The topological polar surface area (TPSA) is 50.4 Å². The number of thiocarbonyl (C=S) groups is 1. The summed E-state index contributed by atoms with van der Waals surface area (Å²) >= 11 is 4.88. The molecule has 0 aliphatic heterocycles. The van der Waals surface area contributed by atoms with Gasteiger partial charge in [0.25, 0.3) is 0 Å². The van der Waals surface area contributed by atoms with Crippen molar-refractivity contribution < 1.29 is 13.9 Å². The third-order valence-electron chi connectivity index (χ3n) is 2.01. The number of amides is 1. The van der Waals surface area contributed by atoms with Crippen LogP contribution in [0.3, 0.4) is 0 Å². The smallest absolute Gasteiger partial charge is 0.413 e. The molecule has 0 aromatic heterocycles. The largest absolute Gasteiger partial charge is 0.450 e. The molecule has 0 bridgehead atoms. The minimum atomic E-state index is -0.640. The van der Waals surface area contributed by atoms with Crippen LogP contribution >= 0.6 is 12.2 Å². The van der Waals surface area contributed by atoms with Gasteiger partial charge in [-0.25, -0.2) is 9.18 Å². The van der Waals surface area contributed by atoms with Crippen LogP contribution in [-0.2, 0) is 4.74 Å². The van der Waals surface area contributed by atoms with Crippen LogP contribution in [-0.4, -0.2) is 17.8 Å². The molecule has 0 saturated carbocycles. The Bertz CT molecular complexity index is 437. The van der Waals surface area contributed by atoms with Gasteiger partial charge in [0.15, 0.2) is 5.11 Å². The number of anilines is 1. The molecule has 0 aliphatic carbocycles. The first-order valence-electron chi connectivity index (χ1n) is 5.04. The van der Waals surface area contributed by atoms with Gasteiger partial charge >= 0.3 is 6.09 Å². The van der Waals surface area contributed by atoms with E-state index in [1.54, 1.807) is 26.0 Å². The van der Waals surface area contributed by atoms with Gasteiger partial charge in [0.2, 0.25) is 0 Å². The molecular formula is C11H13FN2O2S. The first-order valence-corrected chi connectivity index (χ1v) is 5.45. The molecule has 0 heterocycles. The Morgan fingerprint density at radius 1 is 1.53 bits per heavy atom. The molecule has 6 heteroatoms. The maximum Gasteiger partial charge on any atom is 0.413 e. The van der Waals surface area contributed by atoms with E-state index in [-0.39, 0.29) is 17.5 Å². The molecular weight excluding hydrogens is 243 g/mol. The summed E-state index contributed by atoms with van der Waals surface area (Å²) in [4.78, 5) is 11.1. The fourth-order valence-electron chi connectivity index (χ4n) is 1.16. The highest BCUT2D eigenvalue weighted by Gasteiger charge is 2.07. The molecule has 0 saturated heterocycles. The van der Waals surface area contributed by atoms with E-state index in [0.717, 1.165) is 0 Å². The number of alkyl carbamates (subject to hydrolysis) is 1. The van der Waals surface area contributed by atoms with Crippen molar-refractivity contribution >= 4 is 29.1 Å². The van der Waals surface area contributed by atoms with Crippen molar-refractivity contribution in [2.75, 3.05) is 11.9 Å². The quantitative estimate of drug-likeness (QED) is 0.798. The monoisotopic (exact) mass is 256 g/mol. The highest BCUT2D eigenvalue weighted by Crippen LogP contribution is 2.16. The Morgan fingerprint density at radius 2 is 2.24 bits per heavy atom. The van der Waals surface area contributed by atoms with Crippen LogP contribution < -0.4 is 10.6 Å². The fourth-order valence-corrected chi connectivity index (χ4v) is 1.35. The van der Waals surface area contributed by atoms with Crippen LogP contribution in [0.5, 0.6) is 0 Å². The summed E-state index contributed by atoms with van der Waals surface area (Å²) in [6.45, 7) is 3.56. The van der Waals surface area contributed by atoms with Gasteiger partial charge in [0.05, 0.1) is 6.61 Å². The normalized spacial score (nSPS) is 9.59. The molecule has 2 N–H and O–H groups in total. The fraction of sp³-hybridized carbons (Fsp3) is 0.273. The lowest BCUT2D eigenvalue weighted by Gasteiger charge is -2.11. The molecule has 0 aliphatic rings. The van der Waals surface area contributed by atoms with Crippen molar-refractivity contribution in [3.63, 3.8) is 0 Å². The summed E-state index contributed by atoms with van der Waals surface area (Å²) in [5.74, 6) is -0.339. The molecule has 1 aromatic rings. The first kappa shape index (κ1) is 13.4. The van der Waals surface area contributed by atoms with E-state index in [0.29, 0.717) is 11.3 Å². The Labute approximate surface area is 104 Å². The molecule has 1 aromatic carbocycles. The zero-order valence-electron chi connectivity index (χ0n) is 9.54. The van der Waals surface area contributed by atoms with E-state index in [9.17, 15) is 9.18 Å².